The smallest absolute Gasteiger partial charge is 0.335 e. The number of thiocarbonyl (C=S) groups is 1. The van der Waals surface area contributed by atoms with Crippen molar-refractivity contribution in [2.75, 3.05) is 26.1 Å². The molecular weight excluding hydrogens is 562 g/mol. The van der Waals surface area contributed by atoms with Crippen LogP contribution >= 0.6 is 24.0 Å². The van der Waals surface area contributed by atoms with Crippen molar-refractivity contribution in [2.24, 2.45) is 0 Å². The third kappa shape index (κ3) is 6.29. The summed E-state index contributed by atoms with van der Waals surface area (Å²) in [4.78, 5) is 38.5. The maximum Gasteiger partial charge on any atom is 0.335 e. The van der Waals surface area contributed by atoms with Gasteiger partial charge in [-0.3, -0.25) is 14.5 Å². The highest BCUT2D eigenvalue weighted by Gasteiger charge is 2.32. The van der Waals surface area contributed by atoms with Crippen molar-refractivity contribution in [3.63, 3.8) is 0 Å². The first-order chi connectivity index (χ1) is 19.1. The number of halogens is 2. The summed E-state index contributed by atoms with van der Waals surface area (Å²) >= 11 is 6.44. The Labute approximate surface area is 237 Å². The standard InChI is InChI=1S/C28H22F2N2O6S2/c1-37-22-8-5-15(16-3-6-19(29)20(30)12-16)11-18(22)14-24-26(34)32(28(39)40-24)10-9-25(33)31-21-7-4-17(27(35)36)13-23(21)38-2/h3-8,11-14H,9-10H2,1-2H3,(H,31,33)(H,35,36). The molecule has 0 unspecified atom stereocenters. The van der Waals surface area contributed by atoms with Crippen LogP contribution in [0.4, 0.5) is 14.5 Å². The average Bonchev–Trinajstić information content (AvgIpc) is 3.20. The zero-order valence-corrected chi connectivity index (χ0v) is 22.8. The second-order valence-electron chi connectivity index (χ2n) is 8.44. The second kappa shape index (κ2) is 12.3. The molecule has 1 heterocycles. The predicted molar refractivity (Wildman–Crippen MR) is 151 cm³/mol. The van der Waals surface area contributed by atoms with Gasteiger partial charge in [0.05, 0.1) is 30.4 Å². The van der Waals surface area contributed by atoms with Crippen molar-refractivity contribution in [3.8, 4) is 22.6 Å². The largest absolute Gasteiger partial charge is 0.496 e. The summed E-state index contributed by atoms with van der Waals surface area (Å²) in [6, 6.07) is 12.7. The average molecular weight is 585 g/mol. The van der Waals surface area contributed by atoms with Crippen LogP contribution in [0, 0.1) is 11.6 Å². The van der Waals surface area contributed by atoms with Crippen molar-refractivity contribution >= 4 is 57.8 Å². The van der Waals surface area contributed by atoms with Gasteiger partial charge in [0.2, 0.25) is 5.91 Å². The van der Waals surface area contributed by atoms with Gasteiger partial charge in [0.25, 0.3) is 5.91 Å². The van der Waals surface area contributed by atoms with E-state index in [9.17, 15) is 23.2 Å². The molecule has 3 aromatic rings. The molecule has 4 rings (SSSR count). The minimum absolute atomic E-state index is 0.00574. The number of methoxy groups -OCH3 is 2. The van der Waals surface area contributed by atoms with Gasteiger partial charge in [-0.2, -0.15) is 0 Å². The highest BCUT2D eigenvalue weighted by atomic mass is 32.2. The molecule has 2 amide bonds. The summed E-state index contributed by atoms with van der Waals surface area (Å²) in [5.74, 6) is -3.25. The molecule has 1 aliphatic rings. The van der Waals surface area contributed by atoms with Crippen LogP contribution in [0.1, 0.15) is 22.3 Å². The minimum atomic E-state index is -1.13. The van der Waals surface area contributed by atoms with Crippen LogP contribution in [-0.2, 0) is 9.59 Å². The number of carboxylic acid groups (broad SMARTS) is 1. The van der Waals surface area contributed by atoms with Crippen LogP contribution in [0.15, 0.2) is 59.5 Å². The lowest BCUT2D eigenvalue weighted by Gasteiger charge is -2.15. The van der Waals surface area contributed by atoms with Crippen molar-refractivity contribution in [3.05, 3.63) is 82.3 Å². The number of hydrogen-bond acceptors (Lipinski definition) is 7. The van der Waals surface area contributed by atoms with E-state index in [1.54, 1.807) is 24.3 Å². The van der Waals surface area contributed by atoms with E-state index in [0.717, 1.165) is 23.9 Å². The van der Waals surface area contributed by atoms with Crippen molar-refractivity contribution in [2.45, 2.75) is 6.42 Å². The molecule has 8 nitrogen and oxygen atoms in total. The number of carbonyl (C=O) groups is 3. The van der Waals surface area contributed by atoms with Crippen LogP contribution in [-0.4, -0.2) is 52.9 Å². The molecule has 0 spiro atoms. The summed E-state index contributed by atoms with van der Waals surface area (Å²) in [5.41, 5.74) is 1.86. The molecule has 0 atom stereocenters. The SMILES string of the molecule is COc1ccc(-c2ccc(F)c(F)c2)cc1C=C1SC(=S)N(CCC(=O)Nc2ccc(C(=O)O)cc2OC)C1=O. The van der Waals surface area contributed by atoms with Gasteiger partial charge >= 0.3 is 5.97 Å². The van der Waals surface area contributed by atoms with E-state index in [0.29, 0.717) is 27.3 Å². The van der Waals surface area contributed by atoms with E-state index in [4.69, 9.17) is 26.8 Å². The molecule has 40 heavy (non-hydrogen) atoms. The molecule has 206 valence electrons. The molecule has 2 N–H and O–H groups in total. The Morgan fingerprint density at radius 1 is 1.00 bits per heavy atom. The topological polar surface area (TPSA) is 105 Å². The Kier molecular flexibility index (Phi) is 8.80. The number of rotatable bonds is 9. The van der Waals surface area contributed by atoms with Gasteiger partial charge in [-0.05, 0) is 59.7 Å². The molecule has 0 bridgehead atoms. The molecule has 0 radical (unpaired) electrons. The Morgan fingerprint density at radius 2 is 1.70 bits per heavy atom. The Hall–Kier alpha value is -4.29. The second-order valence-corrected chi connectivity index (χ2v) is 10.1. The van der Waals surface area contributed by atoms with Gasteiger partial charge in [-0.25, -0.2) is 13.6 Å². The molecular formula is C28H22F2N2O6S2. The van der Waals surface area contributed by atoms with Crippen LogP contribution in [0.3, 0.4) is 0 Å². The molecule has 1 aliphatic heterocycles. The number of ether oxygens (including phenoxy) is 2. The molecule has 0 saturated carbocycles. The molecule has 3 aromatic carbocycles. The first kappa shape index (κ1) is 28.7. The molecule has 0 aromatic heterocycles. The quantitative estimate of drug-likeness (QED) is 0.248. The van der Waals surface area contributed by atoms with Crippen LogP contribution < -0.4 is 14.8 Å². The predicted octanol–water partition coefficient (Wildman–Crippen LogP) is 5.58. The van der Waals surface area contributed by atoms with Crippen LogP contribution in [0.5, 0.6) is 11.5 Å². The summed E-state index contributed by atoms with van der Waals surface area (Å²) in [5, 5.41) is 11.8. The van der Waals surface area contributed by atoms with Gasteiger partial charge in [0.1, 0.15) is 15.8 Å². The number of nitrogens with one attached hydrogen (secondary N) is 1. The van der Waals surface area contributed by atoms with E-state index in [-0.39, 0.29) is 34.3 Å². The van der Waals surface area contributed by atoms with E-state index in [1.165, 1.54) is 43.4 Å². The number of thioether (sulfide) groups is 1. The van der Waals surface area contributed by atoms with Crippen LogP contribution in [0.25, 0.3) is 17.2 Å². The minimum Gasteiger partial charge on any atom is -0.496 e. The number of nitrogens with zero attached hydrogens (tertiary/aromatic N) is 1. The van der Waals surface area contributed by atoms with Gasteiger partial charge in [-0.15, -0.1) is 0 Å². The number of amides is 2. The van der Waals surface area contributed by atoms with Gasteiger partial charge in [0, 0.05) is 18.5 Å². The zero-order valence-electron chi connectivity index (χ0n) is 21.2. The summed E-state index contributed by atoms with van der Waals surface area (Å²) < 4.78 is 38.0. The summed E-state index contributed by atoms with van der Waals surface area (Å²) in [6.45, 7) is 0.00932. The first-order valence-corrected chi connectivity index (χ1v) is 12.9. The number of carbonyl (C=O) groups excluding carboxylic acids is 2. The summed E-state index contributed by atoms with van der Waals surface area (Å²) in [7, 11) is 2.82. The normalized spacial score (nSPS) is 14.0. The van der Waals surface area contributed by atoms with E-state index < -0.39 is 29.4 Å². The number of benzene rings is 3. The lowest BCUT2D eigenvalue weighted by atomic mass is 10.0. The van der Waals surface area contributed by atoms with Gasteiger partial charge in [0.15, 0.2) is 11.6 Å². The monoisotopic (exact) mass is 584 g/mol. The number of anilines is 1. The third-order valence-electron chi connectivity index (χ3n) is 5.93. The Bertz CT molecular complexity index is 1560. The number of carboxylic acids is 1. The Morgan fingerprint density at radius 3 is 2.38 bits per heavy atom. The number of hydrogen-bond donors (Lipinski definition) is 2. The molecule has 1 saturated heterocycles. The van der Waals surface area contributed by atoms with Gasteiger partial charge in [-0.1, -0.05) is 36.1 Å². The maximum atomic E-state index is 13.8. The highest BCUT2D eigenvalue weighted by Crippen LogP contribution is 2.36. The fourth-order valence-electron chi connectivity index (χ4n) is 3.89. The highest BCUT2D eigenvalue weighted by molar-refractivity contribution is 8.26. The third-order valence-corrected chi connectivity index (χ3v) is 7.31. The van der Waals surface area contributed by atoms with E-state index in [2.05, 4.69) is 5.32 Å². The fraction of sp³-hybridized carbons (Fsp3) is 0.143. The van der Waals surface area contributed by atoms with Crippen molar-refractivity contribution in [1.29, 1.82) is 0 Å². The van der Waals surface area contributed by atoms with E-state index in [1.807, 2.05) is 0 Å². The van der Waals surface area contributed by atoms with Gasteiger partial charge < -0.3 is 19.9 Å². The first-order valence-electron chi connectivity index (χ1n) is 11.7. The Balaban J connectivity index is 1.48. The lowest BCUT2D eigenvalue weighted by molar-refractivity contribution is -0.122. The molecule has 1 fully saturated rings. The maximum absolute atomic E-state index is 13.8. The van der Waals surface area contributed by atoms with Crippen molar-refractivity contribution in [1.82, 2.24) is 4.90 Å². The summed E-state index contributed by atoms with van der Waals surface area (Å²) in [6.07, 6.45) is 1.51. The molecule has 0 aliphatic carbocycles. The van der Waals surface area contributed by atoms with Crippen molar-refractivity contribution < 1.29 is 37.7 Å². The van der Waals surface area contributed by atoms with E-state index >= 15 is 0 Å². The fourth-order valence-corrected chi connectivity index (χ4v) is 5.19. The zero-order chi connectivity index (χ0) is 29.0. The number of aromatic carboxylic acids is 1. The molecule has 12 heteroatoms. The lowest BCUT2D eigenvalue weighted by Crippen LogP contribution is -2.31. The van der Waals surface area contributed by atoms with Crippen LogP contribution in [0.2, 0.25) is 0 Å².